The molecule has 0 atom stereocenters. The van der Waals surface area contributed by atoms with E-state index < -0.39 is 0 Å². The van der Waals surface area contributed by atoms with E-state index in [2.05, 4.69) is 5.32 Å². The molecule has 0 aliphatic rings. The molecule has 6 heteroatoms. The minimum atomic E-state index is 0.0360. The zero-order valence-corrected chi connectivity index (χ0v) is 12.9. The van der Waals surface area contributed by atoms with Crippen LogP contribution in [0, 0.1) is 0 Å². The van der Waals surface area contributed by atoms with Gasteiger partial charge in [0.15, 0.2) is 0 Å². The molecule has 112 valence electrons. The fourth-order valence-corrected chi connectivity index (χ4v) is 2.43. The van der Waals surface area contributed by atoms with Crippen molar-refractivity contribution in [3.05, 3.63) is 29.3 Å². The average molecular weight is 318 g/mol. The molecule has 20 heavy (non-hydrogen) atoms. The molecule has 0 aliphatic carbocycles. The van der Waals surface area contributed by atoms with Gasteiger partial charge in [-0.15, -0.1) is 11.8 Å². The van der Waals surface area contributed by atoms with Gasteiger partial charge >= 0.3 is 0 Å². The van der Waals surface area contributed by atoms with Crippen LogP contribution in [-0.2, 0) is 9.53 Å². The smallest absolute Gasteiger partial charge is 0.220 e. The number of hydrogen-bond acceptors (Lipinski definition) is 4. The van der Waals surface area contributed by atoms with E-state index in [1.165, 1.54) is 0 Å². The van der Waals surface area contributed by atoms with Gasteiger partial charge in [0, 0.05) is 35.2 Å². The van der Waals surface area contributed by atoms with Crippen LogP contribution in [-0.4, -0.2) is 43.1 Å². The van der Waals surface area contributed by atoms with E-state index >= 15 is 0 Å². The minimum absolute atomic E-state index is 0.0360. The van der Waals surface area contributed by atoms with Gasteiger partial charge in [-0.25, -0.2) is 0 Å². The summed E-state index contributed by atoms with van der Waals surface area (Å²) in [5, 5.41) is 12.1. The first-order chi connectivity index (χ1) is 9.72. The van der Waals surface area contributed by atoms with Crippen molar-refractivity contribution in [3.63, 3.8) is 0 Å². The number of nitrogens with one attached hydrogen (secondary N) is 1. The second-order valence-corrected chi connectivity index (χ2v) is 5.70. The Morgan fingerprint density at radius 1 is 1.30 bits per heavy atom. The summed E-state index contributed by atoms with van der Waals surface area (Å²) in [5.74, 6) is 0.794. The topological polar surface area (TPSA) is 58.6 Å². The molecule has 0 unspecified atom stereocenters. The van der Waals surface area contributed by atoms with E-state index in [4.69, 9.17) is 21.4 Å². The number of hydrogen-bond donors (Lipinski definition) is 2. The minimum Gasteiger partial charge on any atom is -0.394 e. The molecule has 0 fully saturated rings. The first-order valence-corrected chi connectivity index (χ1v) is 7.92. The summed E-state index contributed by atoms with van der Waals surface area (Å²) >= 11 is 7.44. The Bertz CT molecular complexity index is 387. The van der Waals surface area contributed by atoms with E-state index in [0.29, 0.717) is 26.2 Å². The molecule has 2 N–H and O–H groups in total. The van der Waals surface area contributed by atoms with Crippen molar-refractivity contribution in [1.29, 1.82) is 0 Å². The fourth-order valence-electron chi connectivity index (χ4n) is 1.45. The van der Waals surface area contributed by atoms with Crippen molar-refractivity contribution in [2.75, 3.05) is 32.1 Å². The SMILES string of the molecule is O=C(CCSc1ccc(Cl)cc1)NCCCOCCO. The quantitative estimate of drug-likeness (QED) is 0.514. The standard InChI is InChI=1S/C14H20ClNO3S/c15-12-2-4-13(5-3-12)20-11-6-14(18)16-7-1-9-19-10-8-17/h2-5,17H,1,6-11H2,(H,16,18). The number of carbonyl (C=O) groups is 1. The number of aliphatic hydroxyl groups is 1. The maximum absolute atomic E-state index is 11.5. The Morgan fingerprint density at radius 3 is 2.75 bits per heavy atom. The molecule has 1 aromatic carbocycles. The molecule has 0 saturated carbocycles. The van der Waals surface area contributed by atoms with E-state index in [1.807, 2.05) is 24.3 Å². The summed E-state index contributed by atoms with van der Waals surface area (Å²) in [4.78, 5) is 12.7. The highest BCUT2D eigenvalue weighted by Gasteiger charge is 2.01. The summed E-state index contributed by atoms with van der Waals surface area (Å²) in [7, 11) is 0. The number of carbonyl (C=O) groups excluding carboxylic acids is 1. The normalized spacial score (nSPS) is 10.5. The van der Waals surface area contributed by atoms with Crippen LogP contribution < -0.4 is 5.32 Å². The lowest BCUT2D eigenvalue weighted by molar-refractivity contribution is -0.120. The maximum Gasteiger partial charge on any atom is 0.220 e. The van der Waals surface area contributed by atoms with Crippen LogP contribution in [0.5, 0.6) is 0 Å². The molecule has 0 saturated heterocycles. The number of aliphatic hydroxyl groups excluding tert-OH is 1. The number of rotatable bonds is 10. The van der Waals surface area contributed by atoms with Gasteiger partial charge in [-0.1, -0.05) is 11.6 Å². The third kappa shape index (κ3) is 8.43. The molecule has 0 bridgehead atoms. The van der Waals surface area contributed by atoms with Gasteiger partial charge in [0.1, 0.15) is 0 Å². The van der Waals surface area contributed by atoms with E-state index in [9.17, 15) is 4.79 Å². The van der Waals surface area contributed by atoms with Crippen LogP contribution in [0.3, 0.4) is 0 Å². The van der Waals surface area contributed by atoms with Gasteiger partial charge in [0.05, 0.1) is 13.2 Å². The Labute approximate surface area is 128 Å². The summed E-state index contributed by atoms with van der Waals surface area (Å²) in [6.07, 6.45) is 1.25. The number of benzene rings is 1. The van der Waals surface area contributed by atoms with Gasteiger partial charge in [0.2, 0.25) is 5.91 Å². The van der Waals surface area contributed by atoms with Crippen molar-refractivity contribution in [2.45, 2.75) is 17.7 Å². The van der Waals surface area contributed by atoms with E-state index in [-0.39, 0.29) is 12.5 Å². The lowest BCUT2D eigenvalue weighted by Crippen LogP contribution is -2.25. The monoisotopic (exact) mass is 317 g/mol. The van der Waals surface area contributed by atoms with Gasteiger partial charge < -0.3 is 15.2 Å². The number of ether oxygens (including phenoxy) is 1. The predicted molar refractivity (Wildman–Crippen MR) is 82.3 cm³/mol. The summed E-state index contributed by atoms with van der Waals surface area (Å²) in [5.41, 5.74) is 0. The Morgan fingerprint density at radius 2 is 2.05 bits per heavy atom. The predicted octanol–water partition coefficient (Wildman–Crippen LogP) is 2.34. The summed E-state index contributed by atoms with van der Waals surface area (Å²) < 4.78 is 5.10. The largest absolute Gasteiger partial charge is 0.394 e. The van der Waals surface area contributed by atoms with E-state index in [0.717, 1.165) is 22.1 Å². The number of thioether (sulfide) groups is 1. The molecular weight excluding hydrogens is 298 g/mol. The molecule has 1 rings (SSSR count). The zero-order chi connectivity index (χ0) is 14.6. The van der Waals surface area contributed by atoms with Gasteiger partial charge in [0.25, 0.3) is 0 Å². The fraction of sp³-hybridized carbons (Fsp3) is 0.500. The highest BCUT2D eigenvalue weighted by Crippen LogP contribution is 2.20. The Hall–Kier alpha value is -0.750. The van der Waals surface area contributed by atoms with Crippen molar-refractivity contribution >= 4 is 29.3 Å². The van der Waals surface area contributed by atoms with Crippen molar-refractivity contribution in [2.24, 2.45) is 0 Å². The van der Waals surface area contributed by atoms with Crippen LogP contribution in [0.4, 0.5) is 0 Å². The molecule has 0 radical (unpaired) electrons. The molecule has 0 aromatic heterocycles. The van der Waals surface area contributed by atoms with Crippen LogP contribution >= 0.6 is 23.4 Å². The number of halogens is 1. The highest BCUT2D eigenvalue weighted by atomic mass is 35.5. The average Bonchev–Trinajstić information content (AvgIpc) is 2.45. The number of amides is 1. The van der Waals surface area contributed by atoms with Gasteiger partial charge in [-0.2, -0.15) is 0 Å². The summed E-state index contributed by atoms with van der Waals surface area (Å²) in [6, 6.07) is 7.58. The van der Waals surface area contributed by atoms with Gasteiger partial charge in [-0.3, -0.25) is 4.79 Å². The van der Waals surface area contributed by atoms with Crippen LogP contribution in [0.1, 0.15) is 12.8 Å². The van der Waals surface area contributed by atoms with Crippen LogP contribution in [0.2, 0.25) is 5.02 Å². The molecule has 1 amide bonds. The Kier molecular flexibility index (Phi) is 9.49. The van der Waals surface area contributed by atoms with E-state index in [1.54, 1.807) is 11.8 Å². The zero-order valence-electron chi connectivity index (χ0n) is 11.3. The summed E-state index contributed by atoms with van der Waals surface area (Å²) in [6.45, 7) is 1.55. The molecule has 0 aliphatic heterocycles. The lowest BCUT2D eigenvalue weighted by atomic mass is 10.4. The molecule has 0 heterocycles. The lowest BCUT2D eigenvalue weighted by Gasteiger charge is -2.06. The van der Waals surface area contributed by atoms with Gasteiger partial charge in [-0.05, 0) is 30.7 Å². The third-order valence-corrected chi connectivity index (χ3v) is 3.70. The first kappa shape index (κ1) is 17.3. The van der Waals surface area contributed by atoms with Crippen molar-refractivity contribution in [1.82, 2.24) is 5.32 Å². The molecule has 0 spiro atoms. The third-order valence-electron chi connectivity index (χ3n) is 2.43. The second kappa shape index (κ2) is 11.0. The van der Waals surface area contributed by atoms with Crippen LogP contribution in [0.25, 0.3) is 0 Å². The van der Waals surface area contributed by atoms with Crippen LogP contribution in [0.15, 0.2) is 29.2 Å². The second-order valence-electron chi connectivity index (χ2n) is 4.09. The molecule has 4 nitrogen and oxygen atoms in total. The Balaban J connectivity index is 2.01. The highest BCUT2D eigenvalue weighted by molar-refractivity contribution is 7.99. The van der Waals surface area contributed by atoms with Crippen molar-refractivity contribution < 1.29 is 14.6 Å². The molecule has 1 aromatic rings. The van der Waals surface area contributed by atoms with Crippen molar-refractivity contribution in [3.8, 4) is 0 Å². The maximum atomic E-state index is 11.5. The first-order valence-electron chi connectivity index (χ1n) is 6.56. The molecular formula is C14H20ClNO3S.